The van der Waals surface area contributed by atoms with Gasteiger partial charge in [-0.15, -0.1) is 10.2 Å². The Kier molecular flexibility index (Phi) is 6.03. The average molecular weight is 319 g/mol. The maximum Gasteiger partial charge on any atom is 0.228 e. The summed E-state index contributed by atoms with van der Waals surface area (Å²) in [5.41, 5.74) is 2.20. The molecule has 0 spiro atoms. The zero-order chi connectivity index (χ0) is 15.9. The molecule has 2 rings (SSSR count). The fourth-order valence-electron chi connectivity index (χ4n) is 2.10. The van der Waals surface area contributed by atoms with Gasteiger partial charge in [0.25, 0.3) is 0 Å². The zero-order valence-corrected chi connectivity index (χ0v) is 14.0. The molecule has 1 aromatic heterocycles. The number of hydrogen-bond donors (Lipinski definition) is 0. The minimum atomic E-state index is 0.0621. The van der Waals surface area contributed by atoms with Crippen molar-refractivity contribution in [2.75, 3.05) is 25.2 Å². The normalized spacial score (nSPS) is 10.7. The number of nitrogens with zero attached hydrogens (tertiary/aromatic N) is 3. The Labute approximate surface area is 134 Å². The highest BCUT2D eigenvalue weighted by atomic mass is 32.1. The summed E-state index contributed by atoms with van der Waals surface area (Å²) >= 11 is 1.44. The van der Waals surface area contributed by atoms with Gasteiger partial charge in [0.2, 0.25) is 11.0 Å². The van der Waals surface area contributed by atoms with Crippen LogP contribution in [-0.4, -0.2) is 36.4 Å². The smallest absolute Gasteiger partial charge is 0.228 e. The number of methoxy groups -OCH3 is 1. The summed E-state index contributed by atoms with van der Waals surface area (Å²) in [4.78, 5) is 13.9. The molecule has 0 unspecified atom stereocenters. The number of aryl methyl sites for hydroxylation is 1. The van der Waals surface area contributed by atoms with Gasteiger partial charge in [-0.3, -0.25) is 9.69 Å². The number of hydrogen-bond acceptors (Lipinski definition) is 5. The first-order chi connectivity index (χ1) is 10.7. The second-order valence-electron chi connectivity index (χ2n) is 4.99. The molecule has 0 bridgehead atoms. The highest BCUT2D eigenvalue weighted by Gasteiger charge is 2.20. The molecule has 22 heavy (non-hydrogen) atoms. The van der Waals surface area contributed by atoms with Crippen LogP contribution in [0.25, 0.3) is 10.6 Å². The molecule has 0 radical (unpaired) electrons. The molecule has 0 aliphatic heterocycles. The van der Waals surface area contributed by atoms with E-state index in [9.17, 15) is 4.79 Å². The number of carbonyl (C=O) groups excluding carboxylic acids is 1. The highest BCUT2D eigenvalue weighted by Crippen LogP contribution is 2.30. The Bertz CT molecular complexity index is 627. The molecule has 0 atom stereocenters. The van der Waals surface area contributed by atoms with Crippen LogP contribution >= 0.6 is 11.3 Å². The van der Waals surface area contributed by atoms with Crippen LogP contribution in [0.4, 0.5) is 5.13 Å². The molecule has 6 heteroatoms. The summed E-state index contributed by atoms with van der Waals surface area (Å²) < 4.78 is 5.10. The molecular weight excluding hydrogens is 298 g/mol. The fourth-order valence-corrected chi connectivity index (χ4v) is 3.08. The molecule has 0 aliphatic rings. The van der Waals surface area contributed by atoms with E-state index >= 15 is 0 Å². The predicted octanol–water partition coefficient (Wildman–Crippen LogP) is 3.29. The van der Waals surface area contributed by atoms with Gasteiger partial charge < -0.3 is 4.74 Å². The number of aromatic nitrogens is 2. The standard InChI is InChI=1S/C16H21N3O2S/c1-4-7-14(20)19(10-11-21-3)16-18-17-15(22-16)13-9-6-5-8-12(13)2/h5-6,8-9H,4,7,10-11H2,1-3H3. The predicted molar refractivity (Wildman–Crippen MR) is 89.2 cm³/mol. The Balaban J connectivity index is 2.26. The lowest BCUT2D eigenvalue weighted by molar-refractivity contribution is -0.118. The van der Waals surface area contributed by atoms with Gasteiger partial charge in [-0.1, -0.05) is 42.5 Å². The largest absolute Gasteiger partial charge is 0.383 e. The first-order valence-electron chi connectivity index (χ1n) is 7.36. The van der Waals surface area contributed by atoms with Crippen LogP contribution < -0.4 is 4.90 Å². The first-order valence-corrected chi connectivity index (χ1v) is 8.17. The summed E-state index contributed by atoms with van der Waals surface area (Å²) in [7, 11) is 1.63. The first kappa shape index (κ1) is 16.6. The van der Waals surface area contributed by atoms with Gasteiger partial charge in [0, 0.05) is 19.1 Å². The maximum atomic E-state index is 12.3. The Morgan fingerprint density at radius 2 is 2.09 bits per heavy atom. The third-order valence-electron chi connectivity index (χ3n) is 3.30. The molecule has 1 heterocycles. The van der Waals surface area contributed by atoms with E-state index in [1.807, 2.05) is 38.1 Å². The van der Waals surface area contributed by atoms with Crippen molar-refractivity contribution in [1.29, 1.82) is 0 Å². The lowest BCUT2D eigenvalue weighted by atomic mass is 10.1. The van der Waals surface area contributed by atoms with Crippen molar-refractivity contribution in [3.05, 3.63) is 29.8 Å². The van der Waals surface area contributed by atoms with Gasteiger partial charge >= 0.3 is 0 Å². The number of carbonyl (C=O) groups is 1. The van der Waals surface area contributed by atoms with E-state index in [1.165, 1.54) is 11.3 Å². The van der Waals surface area contributed by atoms with E-state index in [4.69, 9.17) is 4.74 Å². The van der Waals surface area contributed by atoms with E-state index in [2.05, 4.69) is 10.2 Å². The maximum absolute atomic E-state index is 12.3. The van der Waals surface area contributed by atoms with Gasteiger partial charge in [0.15, 0.2) is 0 Å². The highest BCUT2D eigenvalue weighted by molar-refractivity contribution is 7.18. The Hall–Kier alpha value is -1.79. The van der Waals surface area contributed by atoms with Crippen LogP contribution in [0, 0.1) is 6.92 Å². The lowest BCUT2D eigenvalue weighted by Crippen LogP contribution is -2.33. The lowest BCUT2D eigenvalue weighted by Gasteiger charge is -2.18. The molecule has 2 aromatic rings. The van der Waals surface area contributed by atoms with E-state index in [1.54, 1.807) is 12.0 Å². The molecule has 0 N–H and O–H groups in total. The van der Waals surface area contributed by atoms with Gasteiger partial charge in [-0.25, -0.2) is 0 Å². The van der Waals surface area contributed by atoms with E-state index < -0.39 is 0 Å². The number of benzene rings is 1. The van der Waals surface area contributed by atoms with Crippen molar-refractivity contribution in [3.8, 4) is 10.6 Å². The van der Waals surface area contributed by atoms with Crippen LogP contribution in [0.1, 0.15) is 25.3 Å². The monoisotopic (exact) mass is 319 g/mol. The SMILES string of the molecule is CCCC(=O)N(CCOC)c1nnc(-c2ccccc2C)s1. The molecule has 1 amide bonds. The molecule has 0 saturated heterocycles. The molecule has 0 aliphatic carbocycles. The van der Waals surface area contributed by atoms with Gasteiger partial charge in [0.05, 0.1) is 13.2 Å². The van der Waals surface area contributed by atoms with Crippen molar-refractivity contribution in [2.24, 2.45) is 0 Å². The van der Waals surface area contributed by atoms with Crippen LogP contribution in [0.2, 0.25) is 0 Å². The number of rotatable bonds is 7. The minimum absolute atomic E-state index is 0.0621. The summed E-state index contributed by atoms with van der Waals surface area (Å²) in [5.74, 6) is 0.0621. The van der Waals surface area contributed by atoms with E-state index in [0.717, 1.165) is 22.6 Å². The van der Waals surface area contributed by atoms with Crippen molar-refractivity contribution in [3.63, 3.8) is 0 Å². The minimum Gasteiger partial charge on any atom is -0.383 e. The van der Waals surface area contributed by atoms with Crippen molar-refractivity contribution in [1.82, 2.24) is 10.2 Å². The molecule has 0 fully saturated rings. The third-order valence-corrected chi connectivity index (χ3v) is 4.28. The number of anilines is 1. The number of ether oxygens (including phenoxy) is 1. The third kappa shape index (κ3) is 3.90. The summed E-state index contributed by atoms with van der Waals surface area (Å²) in [6.45, 7) is 5.01. The van der Waals surface area contributed by atoms with Gasteiger partial charge in [-0.2, -0.15) is 0 Å². The van der Waals surface area contributed by atoms with Gasteiger partial charge in [0.1, 0.15) is 5.01 Å². The second kappa shape index (κ2) is 8.00. The quantitative estimate of drug-likeness (QED) is 0.786. The average Bonchev–Trinajstić information content (AvgIpc) is 2.98. The topological polar surface area (TPSA) is 55.3 Å². The summed E-state index contributed by atoms with van der Waals surface area (Å²) in [6.07, 6.45) is 1.31. The fraction of sp³-hybridized carbons (Fsp3) is 0.438. The molecular formula is C16H21N3O2S. The van der Waals surface area contributed by atoms with E-state index in [-0.39, 0.29) is 5.91 Å². The molecule has 5 nitrogen and oxygen atoms in total. The van der Waals surface area contributed by atoms with Crippen molar-refractivity contribution >= 4 is 22.4 Å². The van der Waals surface area contributed by atoms with Crippen molar-refractivity contribution in [2.45, 2.75) is 26.7 Å². The van der Waals surface area contributed by atoms with Crippen LogP contribution in [0.15, 0.2) is 24.3 Å². The second-order valence-corrected chi connectivity index (χ2v) is 5.95. The Morgan fingerprint density at radius 3 is 2.77 bits per heavy atom. The van der Waals surface area contributed by atoms with Gasteiger partial charge in [-0.05, 0) is 18.9 Å². The summed E-state index contributed by atoms with van der Waals surface area (Å²) in [6, 6.07) is 8.04. The van der Waals surface area contributed by atoms with Crippen LogP contribution in [0.5, 0.6) is 0 Å². The van der Waals surface area contributed by atoms with Crippen LogP contribution in [0.3, 0.4) is 0 Å². The number of amides is 1. The summed E-state index contributed by atoms with van der Waals surface area (Å²) in [5, 5.41) is 9.93. The Morgan fingerprint density at radius 1 is 1.32 bits per heavy atom. The van der Waals surface area contributed by atoms with Crippen molar-refractivity contribution < 1.29 is 9.53 Å². The van der Waals surface area contributed by atoms with Crippen LogP contribution in [-0.2, 0) is 9.53 Å². The molecule has 1 aromatic carbocycles. The zero-order valence-electron chi connectivity index (χ0n) is 13.2. The molecule has 0 saturated carbocycles. The van der Waals surface area contributed by atoms with E-state index in [0.29, 0.717) is 24.7 Å². The molecule has 118 valence electrons.